The minimum atomic E-state index is -1.86. The van der Waals surface area contributed by atoms with Crippen LogP contribution >= 0.6 is 0 Å². The highest BCUT2D eigenvalue weighted by atomic mass is 16.7. The van der Waals surface area contributed by atoms with Gasteiger partial charge in [0.05, 0.1) is 42.9 Å². The number of ketones is 2. The van der Waals surface area contributed by atoms with Crippen molar-refractivity contribution in [2.75, 3.05) is 13.2 Å². The van der Waals surface area contributed by atoms with Crippen LogP contribution < -0.4 is 0 Å². The Morgan fingerprint density at radius 3 is 2.41 bits per heavy atom. The summed E-state index contributed by atoms with van der Waals surface area (Å²) in [5, 5.41) is 64.0. The molecule has 7 rings (SSSR count). The lowest BCUT2D eigenvalue weighted by Crippen LogP contribution is -2.77. The number of ether oxygens (including phenoxy) is 4. The molecule has 4 heterocycles. The number of carboxylic acid groups (broad SMARTS) is 1. The normalized spacial score (nSPS) is 51.1. The van der Waals surface area contributed by atoms with Gasteiger partial charge >= 0.3 is 5.97 Å². The Kier molecular flexibility index (Phi) is 6.80. The van der Waals surface area contributed by atoms with Gasteiger partial charge in [0, 0.05) is 16.4 Å². The second kappa shape index (κ2) is 9.77. The average molecular weight is 649 g/mol. The van der Waals surface area contributed by atoms with Gasteiger partial charge < -0.3 is 54.0 Å². The number of fused-ring (bicyclic) bond motifs is 2. The summed E-state index contributed by atoms with van der Waals surface area (Å²) in [5.74, 6) is -3.20. The minimum absolute atomic E-state index is 0.0178. The van der Waals surface area contributed by atoms with Gasteiger partial charge in [0.15, 0.2) is 24.0 Å². The van der Waals surface area contributed by atoms with Crippen molar-refractivity contribution in [3.63, 3.8) is 0 Å². The maximum Gasteiger partial charge on any atom is 0.335 e. The van der Waals surface area contributed by atoms with E-state index in [9.17, 15) is 45.0 Å². The molecule has 14 nitrogen and oxygen atoms in total. The molecule has 14 unspecified atom stereocenters. The summed E-state index contributed by atoms with van der Waals surface area (Å²) >= 11 is 0. The molecule has 14 atom stereocenters. The standard InChI is InChI=1S/C32H40O14/c1-27(2)31-17(34)6-9-30(31,13-43-27)16-5-8-28(3,32(24(46-32)25(40)41)29(16,4)21(38)22(31)39)23(14-7-10-42-12-14)45-26-20(37)19(36)18(35)15(11-33)44-26/h6-7,9-10,12,15-16,18-20,22-24,26,33,35-37,39H,5,8,11,13H2,1-4H3,(H,40,41). The Morgan fingerprint density at radius 2 is 1.80 bits per heavy atom. The van der Waals surface area contributed by atoms with Crippen LogP contribution in [0.4, 0.5) is 0 Å². The van der Waals surface area contributed by atoms with Crippen LogP contribution in [0.3, 0.4) is 0 Å². The lowest BCUT2D eigenvalue weighted by Gasteiger charge is -2.65. The van der Waals surface area contributed by atoms with Crippen LogP contribution in [0, 0.1) is 27.6 Å². The van der Waals surface area contributed by atoms with Gasteiger partial charge in [0.25, 0.3) is 0 Å². The molecule has 1 spiro atoms. The van der Waals surface area contributed by atoms with Gasteiger partial charge in [-0.3, -0.25) is 9.59 Å². The third kappa shape index (κ3) is 3.35. The molecule has 46 heavy (non-hydrogen) atoms. The lowest BCUT2D eigenvalue weighted by molar-refractivity contribution is -0.328. The van der Waals surface area contributed by atoms with E-state index in [0.717, 1.165) is 0 Å². The quantitative estimate of drug-likeness (QED) is 0.217. The highest BCUT2D eigenvalue weighted by Gasteiger charge is 2.91. The van der Waals surface area contributed by atoms with E-state index in [1.807, 2.05) is 0 Å². The SMILES string of the molecule is CC1(C)OCC23C=CC(=O)C12C(O)C(=O)C1(C)C3CCC(C)(C(OC2OC(CO)C(O)C(O)C2O)c2ccoc2)C12OC2C(=O)O. The first kappa shape index (κ1) is 32.0. The molecule has 0 aromatic carbocycles. The van der Waals surface area contributed by atoms with Gasteiger partial charge in [-0.05, 0) is 51.7 Å². The zero-order valence-corrected chi connectivity index (χ0v) is 25.9. The van der Waals surface area contributed by atoms with Gasteiger partial charge in [-0.1, -0.05) is 13.0 Å². The van der Waals surface area contributed by atoms with Crippen molar-refractivity contribution >= 4 is 17.5 Å². The van der Waals surface area contributed by atoms with Gasteiger partial charge in [-0.2, -0.15) is 0 Å². The number of rotatable bonds is 6. The second-order valence-corrected chi connectivity index (χ2v) is 14.7. The van der Waals surface area contributed by atoms with Crippen LogP contribution in [0.5, 0.6) is 0 Å². The number of hydrogen-bond donors (Lipinski definition) is 6. The summed E-state index contributed by atoms with van der Waals surface area (Å²) in [6.07, 6.45) is -6.41. The summed E-state index contributed by atoms with van der Waals surface area (Å²) in [5.41, 5.74) is -8.56. The summed E-state index contributed by atoms with van der Waals surface area (Å²) < 4.78 is 29.9. The van der Waals surface area contributed by atoms with Gasteiger partial charge in [0.2, 0.25) is 0 Å². The fourth-order valence-corrected chi connectivity index (χ4v) is 10.6. The molecule has 2 saturated carbocycles. The van der Waals surface area contributed by atoms with E-state index in [1.165, 1.54) is 18.6 Å². The molecule has 0 bridgehead atoms. The number of carboxylic acids is 1. The van der Waals surface area contributed by atoms with Crippen molar-refractivity contribution in [3.8, 4) is 0 Å². The highest BCUT2D eigenvalue weighted by molar-refractivity contribution is 6.08. The molecule has 6 N–H and O–H groups in total. The average Bonchev–Trinajstić information content (AvgIpc) is 3.28. The highest BCUT2D eigenvalue weighted by Crippen LogP contribution is 2.80. The first-order valence-electron chi connectivity index (χ1n) is 15.5. The van der Waals surface area contributed by atoms with E-state index in [0.29, 0.717) is 5.56 Å². The zero-order chi connectivity index (χ0) is 33.4. The number of hydrogen-bond acceptors (Lipinski definition) is 13. The fraction of sp³-hybridized carbons (Fsp3) is 0.719. The molecule has 3 aliphatic heterocycles. The first-order chi connectivity index (χ1) is 21.5. The molecule has 1 aromatic heterocycles. The molecule has 0 amide bonds. The Bertz CT molecular complexity index is 1490. The number of furan rings is 1. The fourth-order valence-electron chi connectivity index (χ4n) is 10.6. The van der Waals surface area contributed by atoms with Crippen LogP contribution in [-0.4, -0.2) is 116 Å². The number of allylic oxidation sites excluding steroid dienone is 1. The van der Waals surface area contributed by atoms with E-state index in [4.69, 9.17) is 23.4 Å². The van der Waals surface area contributed by atoms with Crippen molar-refractivity contribution < 1.29 is 68.4 Å². The van der Waals surface area contributed by atoms with E-state index in [1.54, 1.807) is 39.8 Å². The molecule has 6 aliphatic rings. The van der Waals surface area contributed by atoms with Gasteiger partial charge in [-0.25, -0.2) is 4.79 Å². The molecule has 252 valence electrons. The minimum Gasteiger partial charge on any atom is -0.479 e. The van der Waals surface area contributed by atoms with E-state index >= 15 is 0 Å². The Hall–Kier alpha value is -2.53. The number of epoxide rings is 1. The summed E-state index contributed by atoms with van der Waals surface area (Å²) in [6.45, 7) is 5.96. The van der Waals surface area contributed by atoms with Crippen molar-refractivity contribution in [1.82, 2.24) is 0 Å². The lowest BCUT2D eigenvalue weighted by atomic mass is 9.35. The van der Waals surface area contributed by atoms with E-state index < -0.39 is 112 Å². The maximum absolute atomic E-state index is 14.8. The largest absolute Gasteiger partial charge is 0.479 e. The number of carbonyl (C=O) groups excluding carboxylic acids is 2. The molecule has 14 heteroatoms. The zero-order valence-electron chi connectivity index (χ0n) is 25.9. The molecule has 0 radical (unpaired) electrons. The molecular weight excluding hydrogens is 608 g/mol. The Morgan fingerprint density at radius 1 is 1.09 bits per heavy atom. The molecule has 3 aliphatic carbocycles. The maximum atomic E-state index is 14.8. The van der Waals surface area contributed by atoms with Crippen LogP contribution in [0.15, 0.2) is 35.2 Å². The van der Waals surface area contributed by atoms with Crippen molar-refractivity contribution in [3.05, 3.63) is 36.3 Å². The van der Waals surface area contributed by atoms with E-state index in [-0.39, 0.29) is 19.4 Å². The summed E-state index contributed by atoms with van der Waals surface area (Å²) in [4.78, 5) is 41.4. The second-order valence-electron chi connectivity index (χ2n) is 14.7. The first-order valence-corrected chi connectivity index (χ1v) is 15.5. The summed E-state index contributed by atoms with van der Waals surface area (Å²) in [7, 11) is 0. The van der Waals surface area contributed by atoms with Crippen LogP contribution in [0.1, 0.15) is 52.2 Å². The molecule has 3 saturated heterocycles. The smallest absolute Gasteiger partial charge is 0.335 e. The monoisotopic (exact) mass is 648 g/mol. The number of aliphatic hydroxyl groups is 5. The number of aliphatic hydroxyl groups excluding tert-OH is 5. The van der Waals surface area contributed by atoms with Crippen molar-refractivity contribution in [1.29, 1.82) is 0 Å². The number of carbonyl (C=O) groups is 3. The third-order valence-electron chi connectivity index (χ3n) is 12.7. The summed E-state index contributed by atoms with van der Waals surface area (Å²) in [6, 6.07) is 1.56. The van der Waals surface area contributed by atoms with Gasteiger partial charge in [-0.15, -0.1) is 0 Å². The van der Waals surface area contributed by atoms with Crippen molar-refractivity contribution in [2.24, 2.45) is 27.6 Å². The number of aliphatic carboxylic acids is 1. The van der Waals surface area contributed by atoms with Crippen LogP contribution in [0.25, 0.3) is 0 Å². The molecule has 5 fully saturated rings. The van der Waals surface area contributed by atoms with Crippen LogP contribution in [-0.2, 0) is 33.3 Å². The molecule has 1 aromatic rings. The van der Waals surface area contributed by atoms with Crippen molar-refractivity contribution in [2.45, 2.75) is 101 Å². The topological polar surface area (TPSA) is 226 Å². The van der Waals surface area contributed by atoms with E-state index in [2.05, 4.69) is 0 Å². The Labute approximate surface area is 263 Å². The predicted octanol–water partition coefficient (Wildman–Crippen LogP) is -0.354. The van der Waals surface area contributed by atoms with Gasteiger partial charge in [0.1, 0.15) is 41.5 Å². The Balaban J connectivity index is 1.39. The van der Waals surface area contributed by atoms with Crippen LogP contribution in [0.2, 0.25) is 0 Å². The molecular formula is C32H40O14. The number of Topliss-reactive ketones (excluding diaryl/α,β-unsaturated/α-hetero) is 1. The third-order valence-corrected chi connectivity index (χ3v) is 12.7. The predicted molar refractivity (Wildman–Crippen MR) is 151 cm³/mol.